The molecule has 0 saturated heterocycles. The Labute approximate surface area is 145 Å². The maximum atomic E-state index is 12.5. The third-order valence-corrected chi connectivity index (χ3v) is 3.80. The van der Waals surface area contributed by atoms with E-state index in [1.807, 2.05) is 24.3 Å². The lowest BCUT2D eigenvalue weighted by molar-refractivity contribution is -0.134. The van der Waals surface area contributed by atoms with Crippen molar-refractivity contribution in [2.24, 2.45) is 5.73 Å². The average molecular weight is 347 g/mol. The van der Waals surface area contributed by atoms with Gasteiger partial charge in [0.15, 0.2) is 6.10 Å². The topological polar surface area (TPSA) is 81.4 Å². The van der Waals surface area contributed by atoms with Crippen LogP contribution in [0.1, 0.15) is 17.2 Å². The van der Waals surface area contributed by atoms with Gasteiger partial charge in [-0.2, -0.15) is 0 Å². The lowest BCUT2D eigenvalue weighted by atomic mass is 10.0. The zero-order valence-corrected chi connectivity index (χ0v) is 14.0. The summed E-state index contributed by atoms with van der Waals surface area (Å²) in [7, 11) is 1.44. The van der Waals surface area contributed by atoms with Crippen LogP contribution < -0.4 is 11.1 Å². The fourth-order valence-corrected chi connectivity index (χ4v) is 2.61. The van der Waals surface area contributed by atoms with Crippen LogP contribution in [0.15, 0.2) is 54.6 Å². The summed E-state index contributed by atoms with van der Waals surface area (Å²) >= 11 is 5.94. The van der Waals surface area contributed by atoms with E-state index in [1.54, 1.807) is 30.3 Å². The summed E-state index contributed by atoms with van der Waals surface area (Å²) in [5.41, 5.74) is 6.93. The van der Waals surface area contributed by atoms with Crippen LogP contribution in [0, 0.1) is 0 Å². The number of halogens is 1. The predicted molar refractivity (Wildman–Crippen MR) is 92.5 cm³/mol. The number of carbonyl (C=O) groups excluding carboxylic acids is 2. The van der Waals surface area contributed by atoms with Crippen LogP contribution in [-0.2, 0) is 20.7 Å². The Balaban J connectivity index is 2.11. The van der Waals surface area contributed by atoms with Crippen molar-refractivity contribution >= 4 is 23.4 Å². The molecule has 0 aliphatic heterocycles. The molecule has 2 aromatic carbocycles. The van der Waals surface area contributed by atoms with Crippen molar-refractivity contribution in [3.63, 3.8) is 0 Å². The van der Waals surface area contributed by atoms with Crippen LogP contribution in [0.2, 0.25) is 5.02 Å². The molecule has 2 atom stereocenters. The molecule has 5 nitrogen and oxygen atoms in total. The summed E-state index contributed by atoms with van der Waals surface area (Å²) < 4.78 is 5.26. The average Bonchev–Trinajstić information content (AvgIpc) is 2.56. The first-order valence-corrected chi connectivity index (χ1v) is 7.81. The van der Waals surface area contributed by atoms with E-state index in [1.165, 1.54) is 7.11 Å². The number of hydrogen-bond donors (Lipinski definition) is 2. The smallest absolute Gasteiger partial charge is 0.254 e. The van der Waals surface area contributed by atoms with Gasteiger partial charge in [-0.1, -0.05) is 54.1 Å². The molecule has 0 heterocycles. The van der Waals surface area contributed by atoms with Crippen molar-refractivity contribution < 1.29 is 14.3 Å². The Morgan fingerprint density at radius 3 is 2.46 bits per heavy atom. The van der Waals surface area contributed by atoms with E-state index < -0.39 is 24.0 Å². The van der Waals surface area contributed by atoms with Crippen LogP contribution in [0.4, 0.5) is 0 Å². The van der Waals surface area contributed by atoms with Gasteiger partial charge < -0.3 is 15.8 Å². The van der Waals surface area contributed by atoms with Gasteiger partial charge in [0, 0.05) is 18.6 Å². The number of benzene rings is 2. The minimum Gasteiger partial charge on any atom is -0.368 e. The molecule has 24 heavy (non-hydrogen) atoms. The molecule has 2 amide bonds. The number of nitrogens with two attached hydrogens (primary N) is 1. The Hall–Kier alpha value is -2.37. The van der Waals surface area contributed by atoms with E-state index in [0.29, 0.717) is 10.6 Å². The van der Waals surface area contributed by atoms with Gasteiger partial charge in [-0.3, -0.25) is 9.59 Å². The SMILES string of the molecule is CO[C@H](C(=O)N[C@@H](Cc1cccc(Cl)c1)C(N)=O)c1ccccc1. The minimum atomic E-state index is -0.850. The molecule has 0 spiro atoms. The van der Waals surface area contributed by atoms with E-state index >= 15 is 0 Å². The molecule has 2 rings (SSSR count). The standard InChI is InChI=1S/C18H19ClN2O3/c1-24-16(13-7-3-2-4-8-13)18(23)21-15(17(20)22)11-12-6-5-9-14(19)10-12/h2-10,15-16H,11H2,1H3,(H2,20,22)(H,21,23)/t15-,16-/m0/s1. The second-order valence-corrected chi connectivity index (χ2v) is 5.76. The van der Waals surface area contributed by atoms with Crippen molar-refractivity contribution in [1.82, 2.24) is 5.32 Å². The third-order valence-electron chi connectivity index (χ3n) is 3.56. The van der Waals surface area contributed by atoms with Crippen molar-refractivity contribution in [2.75, 3.05) is 7.11 Å². The van der Waals surface area contributed by atoms with Crippen molar-refractivity contribution in [1.29, 1.82) is 0 Å². The van der Waals surface area contributed by atoms with E-state index in [4.69, 9.17) is 22.1 Å². The summed E-state index contributed by atoms with van der Waals surface area (Å²) in [4.78, 5) is 24.2. The van der Waals surface area contributed by atoms with Crippen LogP contribution in [-0.4, -0.2) is 25.0 Å². The van der Waals surface area contributed by atoms with Gasteiger partial charge in [0.05, 0.1) is 0 Å². The monoisotopic (exact) mass is 346 g/mol. The molecule has 0 fully saturated rings. The van der Waals surface area contributed by atoms with Gasteiger partial charge in [-0.25, -0.2) is 0 Å². The quantitative estimate of drug-likeness (QED) is 0.806. The number of ether oxygens (including phenoxy) is 1. The molecule has 0 saturated carbocycles. The van der Waals surface area contributed by atoms with Crippen LogP contribution >= 0.6 is 11.6 Å². The molecule has 0 aliphatic rings. The van der Waals surface area contributed by atoms with Gasteiger partial charge in [0.1, 0.15) is 6.04 Å². The van der Waals surface area contributed by atoms with Gasteiger partial charge in [0.25, 0.3) is 5.91 Å². The Kier molecular flexibility index (Phi) is 6.35. The van der Waals surface area contributed by atoms with Crippen molar-refractivity contribution in [2.45, 2.75) is 18.6 Å². The molecular formula is C18H19ClN2O3. The molecule has 0 unspecified atom stereocenters. The Bertz CT molecular complexity index is 706. The predicted octanol–water partition coefficient (Wildman–Crippen LogP) is 2.24. The highest BCUT2D eigenvalue weighted by Gasteiger charge is 2.25. The summed E-state index contributed by atoms with van der Waals surface area (Å²) in [6.45, 7) is 0. The summed E-state index contributed by atoms with van der Waals surface area (Å²) in [6.07, 6.45) is -0.556. The number of nitrogens with one attached hydrogen (secondary N) is 1. The number of rotatable bonds is 7. The molecule has 0 aromatic heterocycles. The normalized spacial score (nSPS) is 13.1. The van der Waals surface area contributed by atoms with Crippen LogP contribution in [0.3, 0.4) is 0 Å². The number of amides is 2. The van der Waals surface area contributed by atoms with E-state index in [-0.39, 0.29) is 6.42 Å². The van der Waals surface area contributed by atoms with Crippen molar-refractivity contribution in [3.8, 4) is 0 Å². The first-order valence-electron chi connectivity index (χ1n) is 7.43. The largest absolute Gasteiger partial charge is 0.368 e. The fourth-order valence-electron chi connectivity index (χ4n) is 2.39. The second-order valence-electron chi connectivity index (χ2n) is 5.32. The Morgan fingerprint density at radius 2 is 1.88 bits per heavy atom. The van der Waals surface area contributed by atoms with Crippen molar-refractivity contribution in [3.05, 3.63) is 70.7 Å². The number of carbonyl (C=O) groups is 2. The molecule has 0 aliphatic carbocycles. The number of methoxy groups -OCH3 is 1. The van der Waals surface area contributed by atoms with Crippen LogP contribution in [0.5, 0.6) is 0 Å². The fraction of sp³-hybridized carbons (Fsp3) is 0.222. The highest BCUT2D eigenvalue weighted by Crippen LogP contribution is 2.17. The molecule has 126 valence electrons. The lowest BCUT2D eigenvalue weighted by Crippen LogP contribution is -2.47. The Morgan fingerprint density at radius 1 is 1.17 bits per heavy atom. The highest BCUT2D eigenvalue weighted by atomic mass is 35.5. The first-order chi connectivity index (χ1) is 11.5. The van der Waals surface area contributed by atoms with Gasteiger partial charge >= 0.3 is 0 Å². The summed E-state index contributed by atoms with van der Waals surface area (Å²) in [6, 6.07) is 15.2. The molecule has 0 radical (unpaired) electrons. The zero-order valence-electron chi connectivity index (χ0n) is 13.2. The molecule has 6 heteroatoms. The summed E-state index contributed by atoms with van der Waals surface area (Å²) in [5.74, 6) is -1.04. The second kappa shape index (κ2) is 8.47. The molecule has 3 N–H and O–H groups in total. The maximum absolute atomic E-state index is 12.5. The van der Waals surface area contributed by atoms with E-state index in [0.717, 1.165) is 5.56 Å². The maximum Gasteiger partial charge on any atom is 0.254 e. The summed E-state index contributed by atoms with van der Waals surface area (Å²) in [5, 5.41) is 3.21. The number of primary amides is 1. The van der Waals surface area contributed by atoms with Gasteiger partial charge in [0.2, 0.25) is 5.91 Å². The first kappa shape index (κ1) is 18.0. The van der Waals surface area contributed by atoms with E-state index in [2.05, 4.69) is 5.32 Å². The molecule has 0 bridgehead atoms. The molecule has 2 aromatic rings. The third kappa shape index (κ3) is 4.81. The lowest BCUT2D eigenvalue weighted by Gasteiger charge is -2.20. The van der Waals surface area contributed by atoms with Gasteiger partial charge in [-0.05, 0) is 23.3 Å². The van der Waals surface area contributed by atoms with Crippen LogP contribution in [0.25, 0.3) is 0 Å². The number of hydrogen-bond acceptors (Lipinski definition) is 3. The highest BCUT2D eigenvalue weighted by molar-refractivity contribution is 6.30. The van der Waals surface area contributed by atoms with E-state index in [9.17, 15) is 9.59 Å². The van der Waals surface area contributed by atoms with Gasteiger partial charge in [-0.15, -0.1) is 0 Å². The molecular weight excluding hydrogens is 328 g/mol. The minimum absolute atomic E-state index is 0.257. The zero-order chi connectivity index (χ0) is 17.5.